The predicted molar refractivity (Wildman–Crippen MR) is 56.6 cm³/mol. The zero-order valence-electron chi connectivity index (χ0n) is 9.02. The molecular weight excluding hydrogens is 213 g/mol. The van der Waals surface area contributed by atoms with Gasteiger partial charge in [-0.1, -0.05) is 18.2 Å². The normalized spacial score (nSPS) is 25.8. The van der Waals surface area contributed by atoms with Gasteiger partial charge in [-0.15, -0.1) is 0 Å². The molecule has 1 rings (SSSR count). The minimum Gasteiger partial charge on any atom is -0.479 e. The highest BCUT2D eigenvalue weighted by molar-refractivity contribution is 5.89. The molecule has 1 heterocycles. The number of hydrogen-bond acceptors (Lipinski definition) is 2. The highest BCUT2D eigenvalue weighted by atomic mass is 19.1. The van der Waals surface area contributed by atoms with Gasteiger partial charge in [0.25, 0.3) is 0 Å². The number of carbonyl (C=O) groups is 2. The van der Waals surface area contributed by atoms with Gasteiger partial charge in [0.1, 0.15) is 0 Å². The van der Waals surface area contributed by atoms with Crippen molar-refractivity contribution in [1.82, 2.24) is 4.90 Å². The number of amides is 1. The van der Waals surface area contributed by atoms with Crippen LogP contribution in [0.3, 0.4) is 0 Å². The molecule has 0 radical (unpaired) electrons. The Labute approximate surface area is 93.0 Å². The third-order valence-corrected chi connectivity index (χ3v) is 2.46. The van der Waals surface area contributed by atoms with E-state index in [-0.39, 0.29) is 25.4 Å². The van der Waals surface area contributed by atoms with Crippen molar-refractivity contribution in [2.24, 2.45) is 0 Å². The molecule has 0 spiro atoms. The first-order valence-electron chi connectivity index (χ1n) is 5.00. The Bertz CT molecular complexity index is 351. The first-order chi connectivity index (χ1) is 7.49. The molecule has 1 aliphatic heterocycles. The molecule has 1 amide bonds. The molecule has 5 heteroatoms. The van der Waals surface area contributed by atoms with Crippen LogP contribution in [-0.2, 0) is 9.59 Å². The first-order valence-corrected chi connectivity index (χ1v) is 5.00. The highest BCUT2D eigenvalue weighted by Crippen LogP contribution is 2.25. The average Bonchev–Trinajstić information content (AvgIpc) is 2.63. The van der Waals surface area contributed by atoms with Crippen molar-refractivity contribution in [2.45, 2.75) is 19.0 Å². The number of allylic oxidation sites excluding steroid dienone is 3. The molecule has 1 atom stereocenters. The standard InChI is InChI=1S/C11H14FNO3/c1-2-3-4-5-9(14)13-7-6-11(12,8-13)10(15)16/h2-5H,6-8H2,1H3,(H,15,16). The summed E-state index contributed by atoms with van der Waals surface area (Å²) in [6, 6.07) is 0. The molecule has 1 unspecified atom stereocenters. The lowest BCUT2D eigenvalue weighted by Gasteiger charge is -2.15. The van der Waals surface area contributed by atoms with Gasteiger partial charge in [-0.05, 0) is 6.92 Å². The number of halogens is 1. The molecule has 16 heavy (non-hydrogen) atoms. The van der Waals surface area contributed by atoms with E-state index in [9.17, 15) is 14.0 Å². The Morgan fingerprint density at radius 3 is 2.62 bits per heavy atom. The summed E-state index contributed by atoms with van der Waals surface area (Å²) in [5.74, 6) is -1.86. The SMILES string of the molecule is CC=CC=CC(=O)N1CCC(F)(C(=O)O)C1. The summed E-state index contributed by atoms with van der Waals surface area (Å²) in [6.45, 7) is 1.57. The molecule has 1 fully saturated rings. The van der Waals surface area contributed by atoms with Crippen LogP contribution >= 0.6 is 0 Å². The molecule has 0 aliphatic carbocycles. The van der Waals surface area contributed by atoms with E-state index in [1.807, 2.05) is 6.92 Å². The third-order valence-electron chi connectivity index (χ3n) is 2.46. The van der Waals surface area contributed by atoms with Crippen molar-refractivity contribution >= 4 is 11.9 Å². The van der Waals surface area contributed by atoms with Crippen molar-refractivity contribution in [3.8, 4) is 0 Å². The van der Waals surface area contributed by atoms with Crippen LogP contribution < -0.4 is 0 Å². The molecule has 0 aromatic carbocycles. The second-order valence-electron chi connectivity index (χ2n) is 3.67. The largest absolute Gasteiger partial charge is 0.479 e. The second-order valence-corrected chi connectivity index (χ2v) is 3.67. The average molecular weight is 227 g/mol. The van der Waals surface area contributed by atoms with E-state index in [1.54, 1.807) is 18.2 Å². The topological polar surface area (TPSA) is 57.6 Å². The number of likely N-dealkylation sites (tertiary alicyclic amines) is 1. The van der Waals surface area contributed by atoms with Crippen LogP contribution in [0, 0.1) is 0 Å². The summed E-state index contributed by atoms with van der Waals surface area (Å²) >= 11 is 0. The van der Waals surface area contributed by atoms with E-state index in [2.05, 4.69) is 0 Å². The van der Waals surface area contributed by atoms with Gasteiger partial charge >= 0.3 is 5.97 Å². The number of nitrogens with zero attached hydrogens (tertiary/aromatic N) is 1. The Balaban J connectivity index is 2.60. The lowest BCUT2D eigenvalue weighted by atomic mass is 10.1. The zero-order valence-corrected chi connectivity index (χ0v) is 9.02. The third kappa shape index (κ3) is 2.68. The Morgan fingerprint density at radius 1 is 1.44 bits per heavy atom. The van der Waals surface area contributed by atoms with Gasteiger partial charge in [0.2, 0.25) is 11.6 Å². The molecular formula is C11H14FNO3. The van der Waals surface area contributed by atoms with Crippen LogP contribution in [0.2, 0.25) is 0 Å². The van der Waals surface area contributed by atoms with Gasteiger partial charge in [0.05, 0.1) is 6.54 Å². The summed E-state index contributed by atoms with van der Waals surface area (Å²) in [7, 11) is 0. The van der Waals surface area contributed by atoms with E-state index >= 15 is 0 Å². The van der Waals surface area contributed by atoms with E-state index < -0.39 is 11.6 Å². The minimum absolute atomic E-state index is 0.141. The molecule has 88 valence electrons. The van der Waals surface area contributed by atoms with Crippen LogP contribution in [0.25, 0.3) is 0 Å². The molecule has 0 saturated carbocycles. The van der Waals surface area contributed by atoms with Gasteiger partial charge in [0, 0.05) is 19.0 Å². The lowest BCUT2D eigenvalue weighted by Crippen LogP contribution is -2.38. The summed E-state index contributed by atoms with van der Waals surface area (Å²) in [4.78, 5) is 23.3. The maximum Gasteiger partial charge on any atom is 0.343 e. The maximum absolute atomic E-state index is 13.6. The highest BCUT2D eigenvalue weighted by Gasteiger charge is 2.46. The summed E-state index contributed by atoms with van der Waals surface area (Å²) < 4.78 is 13.6. The van der Waals surface area contributed by atoms with Gasteiger partial charge in [-0.25, -0.2) is 9.18 Å². The summed E-state index contributed by atoms with van der Waals surface area (Å²) in [6.07, 6.45) is 6.12. The monoisotopic (exact) mass is 227 g/mol. The first kappa shape index (κ1) is 12.4. The minimum atomic E-state index is -2.29. The van der Waals surface area contributed by atoms with E-state index in [0.29, 0.717) is 0 Å². The van der Waals surface area contributed by atoms with E-state index in [1.165, 1.54) is 11.0 Å². The Morgan fingerprint density at radius 2 is 2.12 bits per heavy atom. The number of carbonyl (C=O) groups excluding carboxylic acids is 1. The van der Waals surface area contributed by atoms with Crippen molar-refractivity contribution in [3.05, 3.63) is 24.3 Å². The van der Waals surface area contributed by atoms with E-state index in [4.69, 9.17) is 5.11 Å². The van der Waals surface area contributed by atoms with Crippen molar-refractivity contribution in [1.29, 1.82) is 0 Å². The van der Waals surface area contributed by atoms with E-state index in [0.717, 1.165) is 0 Å². The van der Waals surface area contributed by atoms with Crippen LogP contribution in [0.15, 0.2) is 24.3 Å². The van der Waals surface area contributed by atoms with Crippen molar-refractivity contribution in [2.75, 3.05) is 13.1 Å². The van der Waals surface area contributed by atoms with Gasteiger partial charge in [-0.3, -0.25) is 4.79 Å². The number of aliphatic carboxylic acids is 1. The summed E-state index contributed by atoms with van der Waals surface area (Å²) in [5.41, 5.74) is -2.29. The van der Waals surface area contributed by atoms with Crippen LogP contribution in [0.1, 0.15) is 13.3 Å². The summed E-state index contributed by atoms with van der Waals surface area (Å²) in [5, 5.41) is 8.64. The number of carboxylic acids is 1. The fraction of sp³-hybridized carbons (Fsp3) is 0.455. The van der Waals surface area contributed by atoms with Gasteiger partial charge in [-0.2, -0.15) is 0 Å². The Hall–Kier alpha value is -1.65. The van der Waals surface area contributed by atoms with Crippen LogP contribution in [0.4, 0.5) is 4.39 Å². The molecule has 1 N–H and O–H groups in total. The molecule has 0 aromatic heterocycles. The smallest absolute Gasteiger partial charge is 0.343 e. The fourth-order valence-electron chi connectivity index (χ4n) is 1.49. The fourth-order valence-corrected chi connectivity index (χ4v) is 1.49. The second kappa shape index (κ2) is 4.92. The molecule has 1 saturated heterocycles. The molecule has 0 bridgehead atoms. The molecule has 4 nitrogen and oxygen atoms in total. The number of carboxylic acid groups (broad SMARTS) is 1. The Kier molecular flexibility index (Phi) is 3.82. The van der Waals surface area contributed by atoms with Gasteiger partial charge < -0.3 is 10.0 Å². The van der Waals surface area contributed by atoms with Crippen molar-refractivity contribution < 1.29 is 19.1 Å². The van der Waals surface area contributed by atoms with Crippen LogP contribution in [-0.4, -0.2) is 40.6 Å². The number of rotatable bonds is 3. The van der Waals surface area contributed by atoms with Crippen molar-refractivity contribution in [3.63, 3.8) is 0 Å². The molecule has 1 aliphatic rings. The quantitative estimate of drug-likeness (QED) is 0.581. The van der Waals surface area contributed by atoms with Gasteiger partial charge in [0.15, 0.2) is 0 Å². The number of alkyl halides is 1. The van der Waals surface area contributed by atoms with Crippen LogP contribution in [0.5, 0.6) is 0 Å². The lowest BCUT2D eigenvalue weighted by molar-refractivity contribution is -0.150. The number of hydrogen-bond donors (Lipinski definition) is 1. The molecule has 0 aromatic rings. The zero-order chi connectivity index (χ0) is 12.2. The maximum atomic E-state index is 13.6. The predicted octanol–water partition coefficient (Wildman–Crippen LogP) is 1.14.